The van der Waals surface area contributed by atoms with E-state index >= 15 is 0 Å². The molecular formula is C13H18ClNO3. The van der Waals surface area contributed by atoms with Gasteiger partial charge in [-0.3, -0.25) is 10.0 Å². The number of rotatable bonds is 6. The largest absolute Gasteiger partial charge is 0.492 e. The lowest BCUT2D eigenvalue weighted by atomic mass is 10.1. The Morgan fingerprint density at radius 1 is 1.50 bits per heavy atom. The Kier molecular flexibility index (Phi) is 5.95. The first kappa shape index (κ1) is 14.8. The normalized spacial score (nSPS) is 10.5. The van der Waals surface area contributed by atoms with Crippen molar-refractivity contribution < 1.29 is 14.7 Å². The number of halogens is 1. The molecule has 0 heterocycles. The van der Waals surface area contributed by atoms with Crippen LogP contribution in [0.15, 0.2) is 18.2 Å². The van der Waals surface area contributed by atoms with E-state index in [1.54, 1.807) is 23.7 Å². The molecule has 0 aromatic heterocycles. The summed E-state index contributed by atoms with van der Waals surface area (Å²) in [6.07, 6.45) is 1.05. The van der Waals surface area contributed by atoms with Gasteiger partial charge in [0.2, 0.25) is 5.91 Å². The number of ether oxygens (including phenoxy) is 1. The third-order valence-corrected chi connectivity index (χ3v) is 2.73. The van der Waals surface area contributed by atoms with Crippen molar-refractivity contribution >= 4 is 17.5 Å². The highest BCUT2D eigenvalue weighted by atomic mass is 35.5. The van der Waals surface area contributed by atoms with Crippen LogP contribution in [-0.4, -0.2) is 17.7 Å². The van der Waals surface area contributed by atoms with Crippen molar-refractivity contribution in [3.8, 4) is 5.75 Å². The van der Waals surface area contributed by atoms with Gasteiger partial charge in [0.25, 0.3) is 0 Å². The molecule has 0 unspecified atom stereocenters. The minimum atomic E-state index is -0.473. The summed E-state index contributed by atoms with van der Waals surface area (Å²) >= 11 is 6.05. The van der Waals surface area contributed by atoms with Crippen molar-refractivity contribution in [3.05, 3.63) is 28.8 Å². The molecule has 0 aliphatic heterocycles. The molecule has 0 aliphatic carbocycles. The first-order valence-corrected chi connectivity index (χ1v) is 6.25. The van der Waals surface area contributed by atoms with E-state index in [1.807, 2.05) is 0 Å². The summed E-state index contributed by atoms with van der Waals surface area (Å²) in [4.78, 5) is 11.0. The van der Waals surface area contributed by atoms with Crippen molar-refractivity contribution in [2.24, 2.45) is 5.92 Å². The van der Waals surface area contributed by atoms with Gasteiger partial charge >= 0.3 is 0 Å². The highest BCUT2D eigenvalue weighted by molar-refractivity contribution is 6.32. The van der Waals surface area contributed by atoms with Gasteiger partial charge in [0.15, 0.2) is 0 Å². The lowest BCUT2D eigenvalue weighted by molar-refractivity contribution is -0.128. The van der Waals surface area contributed by atoms with Gasteiger partial charge in [0, 0.05) is 0 Å². The van der Waals surface area contributed by atoms with E-state index in [1.165, 1.54) is 0 Å². The van der Waals surface area contributed by atoms with Crippen molar-refractivity contribution in [2.45, 2.75) is 26.7 Å². The molecule has 1 aromatic rings. The van der Waals surface area contributed by atoms with E-state index < -0.39 is 5.91 Å². The summed E-state index contributed by atoms with van der Waals surface area (Å²) in [5, 5.41) is 8.90. The van der Waals surface area contributed by atoms with Gasteiger partial charge in [0.1, 0.15) is 5.75 Å². The average molecular weight is 272 g/mol. The molecule has 1 aromatic carbocycles. The van der Waals surface area contributed by atoms with Crippen LogP contribution in [0.4, 0.5) is 0 Å². The van der Waals surface area contributed by atoms with E-state index in [2.05, 4.69) is 13.8 Å². The molecule has 0 saturated carbocycles. The van der Waals surface area contributed by atoms with Crippen LogP contribution in [0.25, 0.3) is 0 Å². The van der Waals surface area contributed by atoms with Crippen LogP contribution in [0.2, 0.25) is 5.02 Å². The molecule has 100 valence electrons. The first-order valence-electron chi connectivity index (χ1n) is 5.87. The average Bonchev–Trinajstić information content (AvgIpc) is 2.31. The summed E-state index contributed by atoms with van der Waals surface area (Å²) in [6, 6.07) is 5.16. The summed E-state index contributed by atoms with van der Waals surface area (Å²) in [5.41, 5.74) is 2.31. The van der Waals surface area contributed by atoms with E-state index in [0.717, 1.165) is 12.0 Å². The molecule has 0 atom stereocenters. The SMILES string of the molecule is CC(C)CCOc1ccc(CC(=O)NO)cc1Cl. The third kappa shape index (κ3) is 4.94. The zero-order valence-corrected chi connectivity index (χ0v) is 11.3. The van der Waals surface area contributed by atoms with Crippen molar-refractivity contribution in [1.29, 1.82) is 0 Å². The standard InChI is InChI=1S/C13H18ClNO3/c1-9(2)5-6-18-12-4-3-10(7-11(12)14)8-13(16)15-17/h3-4,7,9,17H,5-6,8H2,1-2H3,(H,15,16). The fraction of sp³-hybridized carbons (Fsp3) is 0.462. The molecule has 0 aliphatic rings. The Morgan fingerprint density at radius 2 is 2.22 bits per heavy atom. The minimum absolute atomic E-state index is 0.0858. The Bertz CT molecular complexity index is 407. The lowest BCUT2D eigenvalue weighted by Crippen LogP contribution is -2.20. The predicted octanol–water partition coefficient (Wildman–Crippen LogP) is 2.81. The molecule has 1 amide bonds. The molecule has 0 spiro atoms. The fourth-order valence-electron chi connectivity index (χ4n) is 1.40. The molecule has 0 radical (unpaired) electrons. The molecule has 0 saturated heterocycles. The van der Waals surface area contributed by atoms with Gasteiger partial charge < -0.3 is 4.74 Å². The highest BCUT2D eigenvalue weighted by Crippen LogP contribution is 2.26. The molecule has 0 bridgehead atoms. The van der Waals surface area contributed by atoms with E-state index in [4.69, 9.17) is 21.5 Å². The van der Waals surface area contributed by atoms with Crippen LogP contribution in [0, 0.1) is 5.92 Å². The smallest absolute Gasteiger partial charge is 0.247 e. The fourth-order valence-corrected chi connectivity index (χ4v) is 1.66. The van der Waals surface area contributed by atoms with E-state index in [0.29, 0.717) is 23.3 Å². The van der Waals surface area contributed by atoms with E-state index in [-0.39, 0.29) is 6.42 Å². The quantitative estimate of drug-likeness (QED) is 0.618. The van der Waals surface area contributed by atoms with Crippen LogP contribution >= 0.6 is 11.6 Å². The zero-order chi connectivity index (χ0) is 13.5. The summed E-state index contributed by atoms with van der Waals surface area (Å²) in [7, 11) is 0. The number of hydrogen-bond donors (Lipinski definition) is 2. The van der Waals surface area contributed by atoms with Crippen molar-refractivity contribution in [3.63, 3.8) is 0 Å². The number of carbonyl (C=O) groups is 1. The van der Waals surface area contributed by atoms with Crippen LogP contribution in [0.3, 0.4) is 0 Å². The topological polar surface area (TPSA) is 58.6 Å². The van der Waals surface area contributed by atoms with Gasteiger partial charge in [-0.05, 0) is 30.0 Å². The van der Waals surface area contributed by atoms with Crippen LogP contribution < -0.4 is 10.2 Å². The van der Waals surface area contributed by atoms with Gasteiger partial charge in [-0.1, -0.05) is 31.5 Å². The molecule has 0 fully saturated rings. The molecule has 5 heteroatoms. The van der Waals surface area contributed by atoms with Gasteiger partial charge in [-0.25, -0.2) is 5.48 Å². The minimum Gasteiger partial charge on any atom is -0.492 e. The maximum Gasteiger partial charge on any atom is 0.247 e. The number of amides is 1. The van der Waals surface area contributed by atoms with E-state index in [9.17, 15) is 4.79 Å². The molecule has 18 heavy (non-hydrogen) atoms. The van der Waals surface area contributed by atoms with Gasteiger partial charge in [-0.2, -0.15) is 0 Å². The number of hydrogen-bond acceptors (Lipinski definition) is 3. The zero-order valence-electron chi connectivity index (χ0n) is 10.6. The Labute approximate surface area is 112 Å². The van der Waals surface area contributed by atoms with Crippen molar-refractivity contribution in [2.75, 3.05) is 6.61 Å². The second kappa shape index (κ2) is 7.24. The summed E-state index contributed by atoms with van der Waals surface area (Å²) < 4.78 is 5.55. The predicted molar refractivity (Wildman–Crippen MR) is 70.0 cm³/mol. The van der Waals surface area contributed by atoms with Crippen molar-refractivity contribution in [1.82, 2.24) is 5.48 Å². The molecular weight excluding hydrogens is 254 g/mol. The molecule has 4 nitrogen and oxygen atoms in total. The summed E-state index contributed by atoms with van der Waals surface area (Å²) in [5.74, 6) is 0.723. The lowest BCUT2D eigenvalue weighted by Gasteiger charge is -2.10. The number of nitrogens with one attached hydrogen (secondary N) is 1. The highest BCUT2D eigenvalue weighted by Gasteiger charge is 2.07. The second-order valence-corrected chi connectivity index (χ2v) is 4.91. The Morgan fingerprint density at radius 3 is 2.78 bits per heavy atom. The van der Waals surface area contributed by atoms with Gasteiger partial charge in [-0.15, -0.1) is 0 Å². The van der Waals surface area contributed by atoms with Crippen LogP contribution in [0.1, 0.15) is 25.8 Å². The summed E-state index contributed by atoms with van der Waals surface area (Å²) in [6.45, 7) is 4.87. The Balaban J connectivity index is 2.59. The number of hydroxylamine groups is 1. The Hall–Kier alpha value is -1.26. The third-order valence-electron chi connectivity index (χ3n) is 2.44. The molecule has 2 N–H and O–H groups in total. The number of benzene rings is 1. The van der Waals surface area contributed by atoms with Crippen LogP contribution in [0.5, 0.6) is 5.75 Å². The monoisotopic (exact) mass is 271 g/mol. The maximum atomic E-state index is 11.0. The second-order valence-electron chi connectivity index (χ2n) is 4.51. The first-order chi connectivity index (χ1) is 8.52. The van der Waals surface area contributed by atoms with Crippen LogP contribution in [-0.2, 0) is 11.2 Å². The maximum absolute atomic E-state index is 11.0. The van der Waals surface area contributed by atoms with Gasteiger partial charge in [0.05, 0.1) is 18.1 Å². The molecule has 1 rings (SSSR count). The number of carbonyl (C=O) groups excluding carboxylic acids is 1.